The minimum absolute atomic E-state index is 0.241. The van der Waals surface area contributed by atoms with Gasteiger partial charge in [0, 0.05) is 31.6 Å². The van der Waals surface area contributed by atoms with Crippen LogP contribution in [0.4, 0.5) is 5.82 Å². The Bertz CT molecular complexity index is 744. The fourth-order valence-corrected chi connectivity index (χ4v) is 3.26. The highest BCUT2D eigenvalue weighted by molar-refractivity contribution is 6.39. The lowest BCUT2D eigenvalue weighted by Gasteiger charge is -2.37. The van der Waals surface area contributed by atoms with E-state index in [1.165, 1.54) is 0 Å². The van der Waals surface area contributed by atoms with E-state index in [0.717, 1.165) is 37.4 Å². The highest BCUT2D eigenvalue weighted by Gasteiger charge is 2.24. The normalized spacial score (nSPS) is 17.4. The number of amides is 1. The van der Waals surface area contributed by atoms with Gasteiger partial charge >= 0.3 is 0 Å². The molecule has 7 heteroatoms. The molecule has 0 aliphatic carbocycles. The van der Waals surface area contributed by atoms with Crippen LogP contribution < -0.4 is 10.6 Å². The molecule has 23 heavy (non-hydrogen) atoms. The third-order valence-electron chi connectivity index (χ3n) is 4.34. The first-order chi connectivity index (χ1) is 11.0. The molecule has 1 fully saturated rings. The SMILES string of the molecule is C[C@@H](C(N)=O)N1CCN(c2ccc3c(Cl)ccc(Cl)c3n2)CC1. The first-order valence-electron chi connectivity index (χ1n) is 7.50. The molecular formula is C16H18Cl2N4O. The van der Waals surface area contributed by atoms with Gasteiger partial charge in [0.1, 0.15) is 5.82 Å². The summed E-state index contributed by atoms with van der Waals surface area (Å²) in [6.45, 7) is 4.96. The highest BCUT2D eigenvalue weighted by Crippen LogP contribution is 2.30. The Kier molecular flexibility index (Phi) is 4.62. The Labute approximate surface area is 145 Å². The van der Waals surface area contributed by atoms with Crippen molar-refractivity contribution < 1.29 is 4.79 Å². The molecule has 122 valence electrons. The van der Waals surface area contributed by atoms with Gasteiger partial charge in [-0.2, -0.15) is 0 Å². The summed E-state index contributed by atoms with van der Waals surface area (Å²) in [5.41, 5.74) is 6.08. The zero-order valence-corrected chi connectivity index (χ0v) is 14.3. The van der Waals surface area contributed by atoms with Crippen molar-refractivity contribution in [2.45, 2.75) is 13.0 Å². The molecule has 2 heterocycles. The topological polar surface area (TPSA) is 62.5 Å². The summed E-state index contributed by atoms with van der Waals surface area (Å²) in [4.78, 5) is 20.2. The van der Waals surface area contributed by atoms with Gasteiger partial charge in [-0.25, -0.2) is 4.98 Å². The summed E-state index contributed by atoms with van der Waals surface area (Å²) in [6, 6.07) is 7.20. The van der Waals surface area contributed by atoms with Gasteiger partial charge in [-0.3, -0.25) is 9.69 Å². The molecule has 1 aliphatic rings. The summed E-state index contributed by atoms with van der Waals surface area (Å²) >= 11 is 12.4. The first kappa shape index (κ1) is 16.3. The predicted molar refractivity (Wildman–Crippen MR) is 94.2 cm³/mol. The molecule has 2 aromatic rings. The van der Waals surface area contributed by atoms with Crippen molar-refractivity contribution in [2.24, 2.45) is 5.73 Å². The molecule has 1 aromatic carbocycles. The maximum atomic E-state index is 11.3. The maximum Gasteiger partial charge on any atom is 0.234 e. The molecule has 0 saturated carbocycles. The molecule has 1 saturated heterocycles. The number of carbonyl (C=O) groups is 1. The molecule has 2 N–H and O–H groups in total. The van der Waals surface area contributed by atoms with Crippen molar-refractivity contribution in [3.63, 3.8) is 0 Å². The number of aromatic nitrogens is 1. The van der Waals surface area contributed by atoms with E-state index in [9.17, 15) is 4.79 Å². The molecule has 0 bridgehead atoms. The number of nitrogens with two attached hydrogens (primary N) is 1. The van der Waals surface area contributed by atoms with Crippen LogP contribution in [0, 0.1) is 0 Å². The second-order valence-corrected chi connectivity index (χ2v) is 6.51. The summed E-state index contributed by atoms with van der Waals surface area (Å²) in [6.07, 6.45) is 0. The van der Waals surface area contributed by atoms with Crippen LogP contribution in [-0.4, -0.2) is 48.0 Å². The van der Waals surface area contributed by atoms with Crippen molar-refractivity contribution in [2.75, 3.05) is 31.1 Å². The third-order valence-corrected chi connectivity index (χ3v) is 4.97. The largest absolute Gasteiger partial charge is 0.368 e. The number of rotatable bonds is 3. The monoisotopic (exact) mass is 352 g/mol. The molecule has 0 unspecified atom stereocenters. The van der Waals surface area contributed by atoms with Crippen LogP contribution in [-0.2, 0) is 4.79 Å². The number of piperazine rings is 1. The lowest BCUT2D eigenvalue weighted by molar-refractivity contribution is -0.122. The number of pyridine rings is 1. The van der Waals surface area contributed by atoms with E-state index >= 15 is 0 Å². The average molecular weight is 353 g/mol. The molecule has 1 amide bonds. The van der Waals surface area contributed by atoms with Crippen LogP contribution in [0.5, 0.6) is 0 Å². The van der Waals surface area contributed by atoms with Gasteiger partial charge in [-0.1, -0.05) is 23.2 Å². The average Bonchev–Trinajstić information content (AvgIpc) is 2.57. The quantitative estimate of drug-likeness (QED) is 0.921. The number of hydrogen-bond acceptors (Lipinski definition) is 4. The number of fused-ring (bicyclic) bond motifs is 1. The summed E-state index contributed by atoms with van der Waals surface area (Å²) < 4.78 is 0. The van der Waals surface area contributed by atoms with E-state index in [-0.39, 0.29) is 11.9 Å². The molecule has 3 rings (SSSR count). The van der Waals surface area contributed by atoms with Crippen LogP contribution in [0.2, 0.25) is 10.0 Å². The van der Waals surface area contributed by atoms with Crippen LogP contribution in [0.15, 0.2) is 24.3 Å². The van der Waals surface area contributed by atoms with E-state index in [0.29, 0.717) is 15.6 Å². The number of anilines is 1. The summed E-state index contributed by atoms with van der Waals surface area (Å²) in [7, 11) is 0. The lowest BCUT2D eigenvalue weighted by atomic mass is 10.2. The molecule has 0 radical (unpaired) electrons. The summed E-state index contributed by atoms with van der Waals surface area (Å²) in [5.74, 6) is 0.580. The molecule has 1 aromatic heterocycles. The van der Waals surface area contributed by atoms with E-state index in [2.05, 4.69) is 14.8 Å². The Hall–Kier alpha value is -1.56. The van der Waals surface area contributed by atoms with Crippen molar-refractivity contribution in [1.82, 2.24) is 9.88 Å². The number of hydrogen-bond donors (Lipinski definition) is 1. The number of halogens is 2. The van der Waals surface area contributed by atoms with Crippen molar-refractivity contribution >= 4 is 45.8 Å². The smallest absolute Gasteiger partial charge is 0.234 e. The molecule has 1 aliphatic heterocycles. The van der Waals surface area contributed by atoms with Gasteiger partial charge in [-0.15, -0.1) is 0 Å². The predicted octanol–water partition coefficient (Wildman–Crippen LogP) is 2.54. The van der Waals surface area contributed by atoms with Crippen molar-refractivity contribution in [1.29, 1.82) is 0 Å². The zero-order chi connectivity index (χ0) is 16.6. The van der Waals surface area contributed by atoms with Gasteiger partial charge in [0.2, 0.25) is 5.91 Å². The minimum Gasteiger partial charge on any atom is -0.368 e. The van der Waals surface area contributed by atoms with E-state index < -0.39 is 0 Å². The lowest BCUT2D eigenvalue weighted by Crippen LogP contribution is -2.53. The van der Waals surface area contributed by atoms with Crippen LogP contribution >= 0.6 is 23.2 Å². The van der Waals surface area contributed by atoms with Gasteiger partial charge in [0.15, 0.2) is 0 Å². The Morgan fingerprint density at radius 3 is 2.43 bits per heavy atom. The van der Waals surface area contributed by atoms with Crippen molar-refractivity contribution in [3.05, 3.63) is 34.3 Å². The standard InChI is InChI=1S/C16H18Cl2N4O/c1-10(16(19)23)21-6-8-22(9-7-21)14-5-2-11-12(17)3-4-13(18)15(11)20-14/h2-5,10H,6-9H2,1H3,(H2,19,23)/t10-/m0/s1. The zero-order valence-electron chi connectivity index (χ0n) is 12.8. The van der Waals surface area contributed by atoms with Crippen LogP contribution in [0.1, 0.15) is 6.92 Å². The molecule has 1 atom stereocenters. The fraction of sp³-hybridized carbons (Fsp3) is 0.375. The Morgan fingerprint density at radius 2 is 1.78 bits per heavy atom. The first-order valence-corrected chi connectivity index (χ1v) is 8.26. The molecule has 5 nitrogen and oxygen atoms in total. The fourth-order valence-electron chi connectivity index (χ4n) is 2.83. The Morgan fingerprint density at radius 1 is 1.13 bits per heavy atom. The van der Waals surface area contributed by atoms with Crippen molar-refractivity contribution in [3.8, 4) is 0 Å². The third kappa shape index (κ3) is 3.22. The molecular weight excluding hydrogens is 335 g/mol. The van der Waals surface area contributed by atoms with E-state index in [4.69, 9.17) is 28.9 Å². The van der Waals surface area contributed by atoms with Crippen LogP contribution in [0.3, 0.4) is 0 Å². The second kappa shape index (κ2) is 6.51. The van der Waals surface area contributed by atoms with E-state index in [1.54, 1.807) is 12.1 Å². The maximum absolute atomic E-state index is 11.3. The van der Waals surface area contributed by atoms with Crippen LogP contribution in [0.25, 0.3) is 10.9 Å². The number of carbonyl (C=O) groups excluding carboxylic acids is 1. The van der Waals surface area contributed by atoms with E-state index in [1.807, 2.05) is 19.1 Å². The highest BCUT2D eigenvalue weighted by atomic mass is 35.5. The number of benzene rings is 1. The molecule has 0 spiro atoms. The van der Waals surface area contributed by atoms with Gasteiger partial charge in [0.25, 0.3) is 0 Å². The van der Waals surface area contributed by atoms with Gasteiger partial charge in [-0.05, 0) is 31.2 Å². The second-order valence-electron chi connectivity index (χ2n) is 5.70. The minimum atomic E-state index is -0.288. The number of nitrogens with zero attached hydrogens (tertiary/aromatic N) is 3. The van der Waals surface area contributed by atoms with Gasteiger partial charge < -0.3 is 10.6 Å². The van der Waals surface area contributed by atoms with Gasteiger partial charge in [0.05, 0.1) is 21.6 Å². The number of primary amides is 1. The summed E-state index contributed by atoms with van der Waals surface area (Å²) in [5, 5.41) is 2.08. The Balaban J connectivity index is 1.80.